The molecule has 5 nitrogen and oxygen atoms in total. The van der Waals surface area contributed by atoms with Crippen LogP contribution in [0.25, 0.3) is 0 Å². The van der Waals surface area contributed by atoms with E-state index in [1.165, 1.54) is 31.3 Å². The molecule has 2 aromatic carbocycles. The van der Waals surface area contributed by atoms with Gasteiger partial charge in [0.05, 0.1) is 37.6 Å². The molecule has 0 aliphatic carbocycles. The smallest absolute Gasteiger partial charge is 0.416 e. The Morgan fingerprint density at radius 2 is 1.50 bits per heavy atom. The molecular formula is C24H24F7NO4. The SMILES string of the molecule is CCOC(=O)N1c2cc(OC)c(OC)cc2[C@@H]([C@@H](F)c2cc(C(F)(F)F)cc(C(F)(F)F)c2)C[C@H]1C. The molecule has 1 aliphatic rings. The van der Waals surface area contributed by atoms with Crippen LogP contribution in [0.15, 0.2) is 30.3 Å². The van der Waals surface area contributed by atoms with E-state index < -0.39 is 53.3 Å². The van der Waals surface area contributed by atoms with Crippen molar-refractivity contribution in [3.8, 4) is 11.5 Å². The van der Waals surface area contributed by atoms with Gasteiger partial charge in [0.15, 0.2) is 11.5 Å². The number of nitrogens with zero attached hydrogens (tertiary/aromatic N) is 1. The lowest BCUT2D eigenvalue weighted by atomic mass is 9.80. The van der Waals surface area contributed by atoms with Gasteiger partial charge >= 0.3 is 18.4 Å². The molecule has 3 rings (SSSR count). The van der Waals surface area contributed by atoms with Gasteiger partial charge in [0, 0.05) is 18.0 Å². The van der Waals surface area contributed by atoms with E-state index in [4.69, 9.17) is 14.2 Å². The first-order chi connectivity index (χ1) is 16.7. The van der Waals surface area contributed by atoms with E-state index in [9.17, 15) is 31.1 Å². The average Bonchev–Trinajstić information content (AvgIpc) is 2.80. The number of ether oxygens (including phenoxy) is 3. The fraction of sp³-hybridized carbons (Fsp3) is 0.458. The van der Waals surface area contributed by atoms with Crippen molar-refractivity contribution in [2.45, 2.75) is 50.8 Å². The number of carbonyl (C=O) groups is 1. The van der Waals surface area contributed by atoms with Crippen molar-refractivity contribution in [1.29, 1.82) is 0 Å². The third-order valence-corrected chi connectivity index (χ3v) is 5.97. The summed E-state index contributed by atoms with van der Waals surface area (Å²) in [6, 6.07) is 2.76. The minimum absolute atomic E-state index is 0.0459. The molecule has 0 radical (unpaired) electrons. The largest absolute Gasteiger partial charge is 0.493 e. The summed E-state index contributed by atoms with van der Waals surface area (Å²) in [5.74, 6) is -0.871. The first kappa shape index (κ1) is 27.4. The fourth-order valence-electron chi connectivity index (χ4n) is 4.35. The molecule has 0 spiro atoms. The first-order valence-electron chi connectivity index (χ1n) is 10.9. The minimum atomic E-state index is -5.12. The van der Waals surface area contributed by atoms with Gasteiger partial charge in [-0.3, -0.25) is 4.90 Å². The molecule has 3 atom stereocenters. The van der Waals surface area contributed by atoms with Crippen molar-refractivity contribution >= 4 is 11.8 Å². The zero-order valence-electron chi connectivity index (χ0n) is 19.8. The van der Waals surface area contributed by atoms with E-state index in [1.54, 1.807) is 13.8 Å². The number of anilines is 1. The Hall–Kier alpha value is -3.18. The lowest BCUT2D eigenvalue weighted by molar-refractivity contribution is -0.143. The van der Waals surface area contributed by atoms with Gasteiger partial charge < -0.3 is 14.2 Å². The molecular weight excluding hydrogens is 499 g/mol. The van der Waals surface area contributed by atoms with Gasteiger partial charge in [-0.1, -0.05) is 0 Å². The number of hydrogen-bond acceptors (Lipinski definition) is 4. The summed E-state index contributed by atoms with van der Waals surface area (Å²) >= 11 is 0. The molecule has 2 aromatic rings. The van der Waals surface area contributed by atoms with Crippen LogP contribution in [0.1, 0.15) is 54.6 Å². The van der Waals surface area contributed by atoms with Gasteiger partial charge in [0.1, 0.15) is 6.17 Å². The van der Waals surface area contributed by atoms with Gasteiger partial charge in [-0.2, -0.15) is 26.3 Å². The Labute approximate surface area is 202 Å². The molecule has 0 N–H and O–H groups in total. The Kier molecular flexibility index (Phi) is 7.66. The van der Waals surface area contributed by atoms with Gasteiger partial charge in [-0.25, -0.2) is 9.18 Å². The van der Waals surface area contributed by atoms with Crippen LogP contribution in [0.4, 0.5) is 41.2 Å². The Morgan fingerprint density at radius 3 is 1.97 bits per heavy atom. The Bertz CT molecular complexity index is 1080. The predicted octanol–water partition coefficient (Wildman–Crippen LogP) is 7.29. The highest BCUT2D eigenvalue weighted by Gasteiger charge is 2.42. The maximum absolute atomic E-state index is 16.0. The molecule has 1 heterocycles. The number of halogens is 7. The van der Waals surface area contributed by atoms with E-state index in [0.717, 1.165) is 0 Å². The van der Waals surface area contributed by atoms with Crippen molar-refractivity contribution in [2.24, 2.45) is 0 Å². The lowest BCUT2D eigenvalue weighted by Gasteiger charge is -2.40. The molecule has 0 aromatic heterocycles. The monoisotopic (exact) mass is 523 g/mol. The highest BCUT2D eigenvalue weighted by Crippen LogP contribution is 2.51. The molecule has 36 heavy (non-hydrogen) atoms. The van der Waals surface area contributed by atoms with E-state index >= 15 is 4.39 Å². The van der Waals surface area contributed by atoms with Crippen LogP contribution in [0.5, 0.6) is 11.5 Å². The van der Waals surface area contributed by atoms with Crippen LogP contribution >= 0.6 is 0 Å². The third-order valence-electron chi connectivity index (χ3n) is 5.97. The quantitative estimate of drug-likeness (QED) is 0.386. The Morgan fingerprint density at radius 1 is 0.972 bits per heavy atom. The zero-order valence-corrected chi connectivity index (χ0v) is 19.8. The molecule has 0 saturated carbocycles. The number of methoxy groups -OCH3 is 2. The third kappa shape index (κ3) is 5.31. The number of amides is 1. The molecule has 0 unspecified atom stereocenters. The normalized spacial score (nSPS) is 18.9. The zero-order chi connectivity index (χ0) is 27.0. The summed E-state index contributed by atoms with van der Waals surface area (Å²) in [5, 5.41) is 0. The minimum Gasteiger partial charge on any atom is -0.493 e. The van der Waals surface area contributed by atoms with Crippen LogP contribution in [0.2, 0.25) is 0 Å². The van der Waals surface area contributed by atoms with E-state index in [1.807, 2.05) is 0 Å². The summed E-state index contributed by atoms with van der Waals surface area (Å²) in [6.45, 7) is 3.21. The predicted molar refractivity (Wildman–Crippen MR) is 116 cm³/mol. The van der Waals surface area contributed by atoms with Crippen LogP contribution in [-0.2, 0) is 17.1 Å². The first-order valence-corrected chi connectivity index (χ1v) is 10.9. The van der Waals surface area contributed by atoms with Crippen molar-refractivity contribution in [3.63, 3.8) is 0 Å². The van der Waals surface area contributed by atoms with Crippen LogP contribution in [0.3, 0.4) is 0 Å². The fourth-order valence-corrected chi connectivity index (χ4v) is 4.35. The molecule has 12 heteroatoms. The second-order valence-corrected chi connectivity index (χ2v) is 8.27. The molecule has 0 bridgehead atoms. The highest BCUT2D eigenvalue weighted by atomic mass is 19.4. The van der Waals surface area contributed by atoms with E-state index in [-0.39, 0.29) is 41.8 Å². The summed E-state index contributed by atoms with van der Waals surface area (Å²) in [7, 11) is 2.64. The molecule has 1 aliphatic heterocycles. The average molecular weight is 523 g/mol. The molecule has 0 fully saturated rings. The van der Waals surface area contributed by atoms with Crippen molar-refractivity contribution in [1.82, 2.24) is 0 Å². The number of carbonyl (C=O) groups excluding carboxylic acids is 1. The van der Waals surface area contributed by atoms with Crippen molar-refractivity contribution in [3.05, 3.63) is 52.6 Å². The highest BCUT2D eigenvalue weighted by molar-refractivity contribution is 5.91. The topological polar surface area (TPSA) is 48.0 Å². The van der Waals surface area contributed by atoms with Crippen molar-refractivity contribution < 1.29 is 49.7 Å². The van der Waals surface area contributed by atoms with Gasteiger partial charge in [-0.15, -0.1) is 0 Å². The Balaban J connectivity index is 2.20. The lowest BCUT2D eigenvalue weighted by Crippen LogP contribution is -2.44. The maximum Gasteiger partial charge on any atom is 0.416 e. The van der Waals surface area contributed by atoms with Crippen molar-refractivity contribution in [2.75, 3.05) is 25.7 Å². The number of hydrogen-bond donors (Lipinski definition) is 0. The summed E-state index contributed by atoms with van der Waals surface area (Å²) in [5.41, 5.74) is -3.70. The van der Waals surface area contributed by atoms with Crippen LogP contribution < -0.4 is 14.4 Å². The molecule has 198 valence electrons. The number of fused-ring (bicyclic) bond motifs is 1. The summed E-state index contributed by atoms with van der Waals surface area (Å²) in [6.07, 6.45) is -13.4. The van der Waals surface area contributed by atoms with Gasteiger partial charge in [0.2, 0.25) is 0 Å². The van der Waals surface area contributed by atoms with E-state index in [0.29, 0.717) is 12.1 Å². The summed E-state index contributed by atoms with van der Waals surface area (Å²) in [4.78, 5) is 13.9. The number of benzene rings is 2. The standard InChI is InChI=1S/C24H24F7NO4/c1-5-36-22(33)32-12(2)6-17(16-10-19(34-3)20(35-4)11-18(16)32)21(25)13-7-14(23(26,27)28)9-15(8-13)24(29,30)31/h7-12,17,21H,5-6H2,1-4H3/t12-,17+,21+/m1/s1. The second kappa shape index (κ2) is 10.1. The van der Waals surface area contributed by atoms with Crippen LogP contribution in [0, 0.1) is 0 Å². The van der Waals surface area contributed by atoms with Gasteiger partial charge in [0.25, 0.3) is 0 Å². The van der Waals surface area contributed by atoms with Gasteiger partial charge in [-0.05, 0) is 55.7 Å². The molecule has 0 saturated heterocycles. The molecule has 1 amide bonds. The number of alkyl halides is 7. The maximum atomic E-state index is 16.0. The van der Waals surface area contributed by atoms with Crippen LogP contribution in [-0.4, -0.2) is 33.0 Å². The number of rotatable bonds is 5. The summed E-state index contributed by atoms with van der Waals surface area (Å²) < 4.78 is 112. The second-order valence-electron chi connectivity index (χ2n) is 8.27. The van der Waals surface area contributed by atoms with E-state index in [2.05, 4.69) is 0 Å².